The molecule has 6 nitrogen and oxygen atoms in total. The number of ether oxygens (including phenoxy) is 1. The summed E-state index contributed by atoms with van der Waals surface area (Å²) in [6.45, 7) is 8.76. The Morgan fingerprint density at radius 3 is 2.32 bits per heavy atom. The summed E-state index contributed by atoms with van der Waals surface area (Å²) >= 11 is 0. The van der Waals surface area contributed by atoms with E-state index in [4.69, 9.17) is 4.74 Å². The number of aromatic nitrogens is 3. The molecule has 0 amide bonds. The molecule has 31 heavy (non-hydrogen) atoms. The molecule has 1 aromatic carbocycles. The number of anilines is 2. The van der Waals surface area contributed by atoms with Gasteiger partial charge in [0.2, 0.25) is 5.95 Å². The predicted molar refractivity (Wildman–Crippen MR) is 125 cm³/mol. The zero-order valence-corrected chi connectivity index (χ0v) is 18.6. The first kappa shape index (κ1) is 21.1. The molecule has 0 bridgehead atoms. The second-order valence-corrected chi connectivity index (χ2v) is 8.13. The first-order chi connectivity index (χ1) is 15.1. The third-order valence-corrected chi connectivity index (χ3v) is 5.76. The maximum atomic E-state index is 6.23. The standard InChI is InChI=1S/C25H31N5O/c1-4-20-15-27-25(28-16-20)30-13-11-23(12-14-30)31-22-8-6-21(7-9-22)17-26-24-10-5-18(2)29-19(24)3/h5-10,15-16,23,26H,4,11-14,17H2,1-3H3. The Hall–Kier alpha value is -3.15. The molecule has 1 N–H and O–H groups in total. The quantitative estimate of drug-likeness (QED) is 0.601. The Kier molecular flexibility index (Phi) is 6.65. The van der Waals surface area contributed by atoms with E-state index in [0.29, 0.717) is 0 Å². The molecule has 0 atom stereocenters. The van der Waals surface area contributed by atoms with Crippen LogP contribution < -0.4 is 15.0 Å². The van der Waals surface area contributed by atoms with Gasteiger partial charge in [-0.3, -0.25) is 4.98 Å². The van der Waals surface area contributed by atoms with E-state index in [1.165, 1.54) is 11.1 Å². The van der Waals surface area contributed by atoms with Crippen molar-refractivity contribution in [1.29, 1.82) is 0 Å². The second kappa shape index (κ2) is 9.77. The third-order valence-electron chi connectivity index (χ3n) is 5.76. The van der Waals surface area contributed by atoms with Gasteiger partial charge in [0.05, 0.1) is 11.4 Å². The zero-order valence-electron chi connectivity index (χ0n) is 18.6. The van der Waals surface area contributed by atoms with E-state index in [1.807, 2.05) is 32.3 Å². The van der Waals surface area contributed by atoms with Gasteiger partial charge >= 0.3 is 0 Å². The highest BCUT2D eigenvalue weighted by molar-refractivity contribution is 5.48. The summed E-state index contributed by atoms with van der Waals surface area (Å²) in [5, 5.41) is 3.46. The van der Waals surface area contributed by atoms with Gasteiger partial charge in [-0.15, -0.1) is 0 Å². The van der Waals surface area contributed by atoms with Gasteiger partial charge < -0.3 is 15.0 Å². The molecule has 1 saturated heterocycles. The lowest BCUT2D eigenvalue weighted by molar-refractivity contribution is 0.170. The van der Waals surface area contributed by atoms with Crippen LogP contribution in [0, 0.1) is 13.8 Å². The summed E-state index contributed by atoms with van der Waals surface area (Å²) in [6.07, 6.45) is 7.00. The second-order valence-electron chi connectivity index (χ2n) is 8.13. The van der Waals surface area contributed by atoms with Gasteiger partial charge in [0.1, 0.15) is 11.9 Å². The smallest absolute Gasteiger partial charge is 0.225 e. The molecule has 0 unspecified atom stereocenters. The molecule has 162 valence electrons. The maximum absolute atomic E-state index is 6.23. The van der Waals surface area contributed by atoms with Crippen LogP contribution in [0.2, 0.25) is 0 Å². The molecule has 3 heterocycles. The number of piperidine rings is 1. The lowest BCUT2D eigenvalue weighted by Gasteiger charge is -2.32. The zero-order chi connectivity index (χ0) is 21.6. The Labute approximate surface area is 184 Å². The molecule has 0 radical (unpaired) electrons. The van der Waals surface area contributed by atoms with Crippen molar-refractivity contribution in [2.75, 3.05) is 23.3 Å². The summed E-state index contributed by atoms with van der Waals surface area (Å²) in [5.41, 5.74) is 5.53. The van der Waals surface area contributed by atoms with Crippen molar-refractivity contribution in [3.05, 3.63) is 71.3 Å². The fraction of sp³-hybridized carbons (Fsp3) is 0.400. The van der Waals surface area contributed by atoms with Crippen LogP contribution in [0.5, 0.6) is 5.75 Å². The average molecular weight is 418 g/mol. The number of hydrogen-bond acceptors (Lipinski definition) is 6. The van der Waals surface area contributed by atoms with Crippen LogP contribution in [-0.4, -0.2) is 34.1 Å². The Morgan fingerprint density at radius 2 is 1.68 bits per heavy atom. The van der Waals surface area contributed by atoms with Crippen LogP contribution in [0.1, 0.15) is 42.3 Å². The topological polar surface area (TPSA) is 63.2 Å². The van der Waals surface area contributed by atoms with Crippen molar-refractivity contribution in [3.63, 3.8) is 0 Å². The van der Waals surface area contributed by atoms with Crippen molar-refractivity contribution >= 4 is 11.6 Å². The Balaban J connectivity index is 1.25. The maximum Gasteiger partial charge on any atom is 0.225 e. The number of benzene rings is 1. The molecule has 4 rings (SSSR count). The first-order valence-corrected chi connectivity index (χ1v) is 11.1. The van der Waals surface area contributed by atoms with Gasteiger partial charge in [0.25, 0.3) is 0 Å². The molecule has 2 aromatic heterocycles. The number of pyridine rings is 1. The summed E-state index contributed by atoms with van der Waals surface area (Å²) in [4.78, 5) is 15.8. The minimum absolute atomic E-state index is 0.233. The molecular weight excluding hydrogens is 386 g/mol. The fourth-order valence-electron chi connectivity index (χ4n) is 3.82. The number of nitrogens with one attached hydrogen (secondary N) is 1. The SMILES string of the molecule is CCc1cnc(N2CCC(Oc3ccc(CNc4ccc(C)nc4C)cc3)CC2)nc1. The Morgan fingerprint density at radius 1 is 0.968 bits per heavy atom. The largest absolute Gasteiger partial charge is 0.490 e. The minimum Gasteiger partial charge on any atom is -0.490 e. The summed E-state index contributed by atoms with van der Waals surface area (Å²) in [5.74, 6) is 1.76. The minimum atomic E-state index is 0.233. The van der Waals surface area contributed by atoms with E-state index >= 15 is 0 Å². The van der Waals surface area contributed by atoms with Crippen molar-refractivity contribution in [2.24, 2.45) is 0 Å². The average Bonchev–Trinajstić information content (AvgIpc) is 2.80. The van der Waals surface area contributed by atoms with E-state index in [2.05, 4.69) is 62.4 Å². The molecule has 3 aromatic rings. The molecular formula is C25H31N5O. The highest BCUT2D eigenvalue weighted by Gasteiger charge is 2.22. The van der Waals surface area contributed by atoms with Crippen LogP contribution in [0.25, 0.3) is 0 Å². The van der Waals surface area contributed by atoms with Crippen molar-refractivity contribution in [1.82, 2.24) is 15.0 Å². The summed E-state index contributed by atoms with van der Waals surface area (Å²) < 4.78 is 6.23. The monoisotopic (exact) mass is 417 g/mol. The Bertz CT molecular complexity index is 980. The van der Waals surface area contributed by atoms with Crippen LogP contribution in [0.3, 0.4) is 0 Å². The van der Waals surface area contributed by atoms with Crippen molar-refractivity contribution < 1.29 is 4.74 Å². The normalized spacial score (nSPS) is 14.5. The lowest BCUT2D eigenvalue weighted by Crippen LogP contribution is -2.39. The van der Waals surface area contributed by atoms with Crippen LogP contribution >= 0.6 is 0 Å². The molecule has 0 saturated carbocycles. The van der Waals surface area contributed by atoms with E-state index in [1.54, 1.807) is 0 Å². The van der Waals surface area contributed by atoms with E-state index < -0.39 is 0 Å². The van der Waals surface area contributed by atoms with Crippen LogP contribution in [-0.2, 0) is 13.0 Å². The van der Waals surface area contributed by atoms with Gasteiger partial charge in [-0.1, -0.05) is 19.1 Å². The molecule has 0 aliphatic carbocycles. The fourth-order valence-corrected chi connectivity index (χ4v) is 3.82. The summed E-state index contributed by atoms with van der Waals surface area (Å²) in [7, 11) is 0. The lowest BCUT2D eigenvalue weighted by atomic mass is 10.1. The number of rotatable bonds is 7. The third kappa shape index (κ3) is 5.51. The molecule has 1 aliphatic heterocycles. The van der Waals surface area contributed by atoms with E-state index in [0.717, 1.165) is 67.7 Å². The van der Waals surface area contributed by atoms with Gasteiger partial charge in [-0.2, -0.15) is 0 Å². The van der Waals surface area contributed by atoms with Crippen molar-refractivity contribution in [3.8, 4) is 5.75 Å². The van der Waals surface area contributed by atoms with E-state index in [-0.39, 0.29) is 6.10 Å². The van der Waals surface area contributed by atoms with Crippen LogP contribution in [0.4, 0.5) is 11.6 Å². The molecule has 1 fully saturated rings. The highest BCUT2D eigenvalue weighted by Crippen LogP contribution is 2.22. The van der Waals surface area contributed by atoms with Crippen molar-refractivity contribution in [2.45, 2.75) is 52.7 Å². The van der Waals surface area contributed by atoms with Crippen LogP contribution in [0.15, 0.2) is 48.8 Å². The highest BCUT2D eigenvalue weighted by atomic mass is 16.5. The predicted octanol–water partition coefficient (Wildman–Crippen LogP) is 4.71. The number of nitrogens with zero attached hydrogens (tertiary/aromatic N) is 4. The summed E-state index contributed by atoms with van der Waals surface area (Å²) in [6, 6.07) is 12.5. The molecule has 6 heteroatoms. The first-order valence-electron chi connectivity index (χ1n) is 11.1. The van der Waals surface area contributed by atoms with E-state index in [9.17, 15) is 0 Å². The molecule has 0 spiro atoms. The van der Waals surface area contributed by atoms with Gasteiger partial charge in [0, 0.05) is 50.6 Å². The van der Waals surface area contributed by atoms with Gasteiger partial charge in [-0.25, -0.2) is 9.97 Å². The van der Waals surface area contributed by atoms with Gasteiger partial charge in [0.15, 0.2) is 0 Å². The number of hydrogen-bond donors (Lipinski definition) is 1. The number of aryl methyl sites for hydroxylation is 3. The van der Waals surface area contributed by atoms with Gasteiger partial charge in [-0.05, 0) is 55.7 Å². The molecule has 1 aliphatic rings.